The summed E-state index contributed by atoms with van der Waals surface area (Å²) in [6.07, 6.45) is 0.961. The minimum absolute atomic E-state index is 0.118. The van der Waals surface area contributed by atoms with Crippen LogP contribution >= 0.6 is 47.8 Å². The Bertz CT molecular complexity index is 744. The van der Waals surface area contributed by atoms with Crippen LogP contribution < -0.4 is 4.74 Å². The van der Waals surface area contributed by atoms with E-state index in [1.807, 2.05) is 0 Å². The summed E-state index contributed by atoms with van der Waals surface area (Å²) in [7, 11) is 0. The van der Waals surface area contributed by atoms with Crippen LogP contribution in [0.2, 0.25) is 0 Å². The van der Waals surface area contributed by atoms with Crippen LogP contribution in [0.1, 0.15) is 16.1 Å². The molecule has 1 heterocycles. The predicted octanol–water partition coefficient (Wildman–Crippen LogP) is 5.33. The highest BCUT2D eigenvalue weighted by molar-refractivity contribution is 9.14. The highest BCUT2D eigenvalue weighted by atomic mass is 79.9. The van der Waals surface area contributed by atoms with Gasteiger partial charge in [-0.15, -0.1) is 0 Å². The number of rotatable bonds is 4. The highest BCUT2D eigenvalue weighted by Gasteiger charge is 2.25. The van der Waals surface area contributed by atoms with Crippen LogP contribution in [0.5, 0.6) is 5.75 Å². The molecule has 1 aromatic heterocycles. The molecule has 110 valence electrons. The molecule has 1 N–H and O–H groups in total. The average molecular weight is 486 g/mol. The number of carbonyl (C=O) groups excluding carboxylic acids is 1. The number of ketones is 1. The molecule has 0 aliphatic carbocycles. The van der Waals surface area contributed by atoms with Crippen molar-refractivity contribution in [2.75, 3.05) is 0 Å². The first-order chi connectivity index (χ1) is 9.86. The fourth-order valence-electron chi connectivity index (χ4n) is 1.65. The lowest BCUT2D eigenvalue weighted by atomic mass is 10.1. The van der Waals surface area contributed by atoms with Gasteiger partial charge in [0.25, 0.3) is 0 Å². The molecule has 0 aliphatic rings. The zero-order chi connectivity index (χ0) is 15.7. The highest BCUT2D eigenvalue weighted by Crippen LogP contribution is 2.36. The third-order valence-electron chi connectivity index (χ3n) is 2.52. The molecular weight excluding hydrogens is 480 g/mol. The maximum Gasteiger partial charge on any atom is 0.214 e. The summed E-state index contributed by atoms with van der Waals surface area (Å²) in [6.45, 7) is 3.30. The number of hydrogen-bond donors (Lipinski definition) is 1. The number of nitrogens with one attached hydrogen (secondary N) is 1. The molecule has 0 atom stereocenters. The van der Waals surface area contributed by atoms with Gasteiger partial charge in [-0.05, 0) is 53.9 Å². The molecule has 2 rings (SSSR count). The second-order valence-corrected chi connectivity index (χ2v) is 6.20. The van der Waals surface area contributed by atoms with Gasteiger partial charge in [0, 0.05) is 6.07 Å². The van der Waals surface area contributed by atoms with Crippen molar-refractivity contribution in [1.82, 2.24) is 4.98 Å². The molecule has 0 aliphatic heterocycles. The minimum Gasteiger partial charge on any atom is -0.462 e. The molecule has 0 unspecified atom stereocenters. The van der Waals surface area contributed by atoms with Crippen molar-refractivity contribution in [1.29, 1.82) is 0 Å². The number of ether oxygens (including phenoxy) is 1. The fourth-order valence-corrected chi connectivity index (χ4v) is 3.09. The van der Waals surface area contributed by atoms with E-state index in [1.54, 1.807) is 0 Å². The Morgan fingerprint density at radius 1 is 1.24 bits per heavy atom. The molecule has 0 bridgehead atoms. The van der Waals surface area contributed by atoms with Crippen molar-refractivity contribution in [3.8, 4) is 5.75 Å². The van der Waals surface area contributed by atoms with E-state index in [1.165, 1.54) is 0 Å². The molecule has 0 amide bonds. The molecule has 0 spiro atoms. The molecule has 2 aromatic rings. The van der Waals surface area contributed by atoms with E-state index in [0.717, 1.165) is 12.3 Å². The van der Waals surface area contributed by atoms with Crippen LogP contribution in [0, 0.1) is 11.6 Å². The number of benzene rings is 1. The van der Waals surface area contributed by atoms with Gasteiger partial charge in [-0.2, -0.15) is 0 Å². The van der Waals surface area contributed by atoms with Gasteiger partial charge in [-0.25, -0.2) is 8.78 Å². The van der Waals surface area contributed by atoms with Crippen molar-refractivity contribution in [3.63, 3.8) is 0 Å². The number of hydrogen-bond acceptors (Lipinski definition) is 2. The molecule has 0 fully saturated rings. The van der Waals surface area contributed by atoms with Crippen LogP contribution in [-0.4, -0.2) is 10.8 Å². The standard InChI is InChI=1S/C13H6Br3F2NO2/c1-2-21-12-6(3-5(17)4-7(12)18)11(20)10-8(14)9(15)13(16)19-10/h2-4,19H,1H2. The molecule has 1 aromatic carbocycles. The van der Waals surface area contributed by atoms with E-state index in [4.69, 9.17) is 4.74 Å². The minimum atomic E-state index is -0.987. The van der Waals surface area contributed by atoms with Crippen molar-refractivity contribution in [3.05, 3.63) is 61.4 Å². The summed E-state index contributed by atoms with van der Waals surface area (Å²) in [5.74, 6) is -2.89. The summed E-state index contributed by atoms with van der Waals surface area (Å²) in [5.41, 5.74) is -0.137. The van der Waals surface area contributed by atoms with Crippen molar-refractivity contribution >= 4 is 53.6 Å². The SMILES string of the molecule is C=COc1c(F)cc(F)cc1C(=O)c1[nH]c(Br)c(Br)c1Br. The number of aromatic nitrogens is 1. The number of carbonyl (C=O) groups is 1. The van der Waals surface area contributed by atoms with Crippen LogP contribution in [0.4, 0.5) is 8.78 Å². The second-order valence-electron chi connectivity index (χ2n) is 3.82. The third-order valence-corrected chi connectivity index (χ3v) is 5.77. The van der Waals surface area contributed by atoms with Gasteiger partial charge in [-0.1, -0.05) is 6.58 Å². The van der Waals surface area contributed by atoms with E-state index in [9.17, 15) is 13.6 Å². The van der Waals surface area contributed by atoms with Gasteiger partial charge < -0.3 is 9.72 Å². The zero-order valence-electron chi connectivity index (χ0n) is 10.1. The molecule has 0 radical (unpaired) electrons. The van der Waals surface area contributed by atoms with E-state index in [2.05, 4.69) is 59.4 Å². The van der Waals surface area contributed by atoms with Crippen molar-refractivity contribution in [2.45, 2.75) is 0 Å². The van der Waals surface area contributed by atoms with Gasteiger partial charge in [-0.3, -0.25) is 4.79 Å². The normalized spacial score (nSPS) is 10.5. The summed E-state index contributed by atoms with van der Waals surface area (Å²) in [4.78, 5) is 15.2. The topological polar surface area (TPSA) is 42.1 Å². The maximum absolute atomic E-state index is 13.8. The Hall–Kier alpha value is -0.990. The zero-order valence-corrected chi connectivity index (χ0v) is 14.9. The van der Waals surface area contributed by atoms with Crippen LogP contribution in [-0.2, 0) is 0 Å². The Labute approximate surface area is 143 Å². The molecule has 3 nitrogen and oxygen atoms in total. The predicted molar refractivity (Wildman–Crippen MR) is 84.5 cm³/mol. The molecule has 0 saturated heterocycles. The molecule has 0 saturated carbocycles. The number of aromatic amines is 1. The summed E-state index contributed by atoms with van der Waals surface area (Å²) in [6, 6.07) is 1.53. The maximum atomic E-state index is 13.8. The van der Waals surface area contributed by atoms with Crippen LogP contribution in [0.3, 0.4) is 0 Å². The Morgan fingerprint density at radius 3 is 2.43 bits per heavy atom. The van der Waals surface area contributed by atoms with Gasteiger partial charge >= 0.3 is 0 Å². The van der Waals surface area contributed by atoms with E-state index < -0.39 is 17.4 Å². The molecular formula is C13H6Br3F2NO2. The van der Waals surface area contributed by atoms with E-state index in [-0.39, 0.29) is 17.0 Å². The van der Waals surface area contributed by atoms with Gasteiger partial charge in [0.05, 0.1) is 25.4 Å². The first-order valence-electron chi connectivity index (χ1n) is 5.40. The number of halogens is 5. The lowest BCUT2D eigenvalue weighted by Gasteiger charge is -2.08. The first-order valence-corrected chi connectivity index (χ1v) is 7.78. The van der Waals surface area contributed by atoms with E-state index >= 15 is 0 Å². The Balaban J connectivity index is 2.62. The monoisotopic (exact) mass is 483 g/mol. The van der Waals surface area contributed by atoms with Gasteiger partial charge in [0.1, 0.15) is 11.5 Å². The third kappa shape index (κ3) is 3.12. The summed E-state index contributed by atoms with van der Waals surface area (Å²) < 4.78 is 33.6. The average Bonchev–Trinajstić information content (AvgIpc) is 2.68. The van der Waals surface area contributed by atoms with E-state index in [0.29, 0.717) is 19.6 Å². The van der Waals surface area contributed by atoms with Crippen molar-refractivity contribution < 1.29 is 18.3 Å². The quantitative estimate of drug-likeness (QED) is 0.469. The lowest BCUT2D eigenvalue weighted by molar-refractivity contribution is 0.103. The fraction of sp³-hybridized carbons (Fsp3) is 0. The lowest BCUT2D eigenvalue weighted by Crippen LogP contribution is -2.07. The second kappa shape index (κ2) is 6.41. The molecule has 21 heavy (non-hydrogen) atoms. The summed E-state index contributed by atoms with van der Waals surface area (Å²) >= 11 is 9.67. The van der Waals surface area contributed by atoms with Crippen LogP contribution in [0.15, 0.2) is 38.5 Å². The first kappa shape index (κ1) is 16.4. The van der Waals surface area contributed by atoms with Crippen molar-refractivity contribution in [2.24, 2.45) is 0 Å². The van der Waals surface area contributed by atoms with Crippen LogP contribution in [0.25, 0.3) is 0 Å². The smallest absolute Gasteiger partial charge is 0.214 e. The Morgan fingerprint density at radius 2 is 1.90 bits per heavy atom. The van der Waals surface area contributed by atoms with Gasteiger partial charge in [0.15, 0.2) is 11.6 Å². The summed E-state index contributed by atoms with van der Waals surface area (Å²) in [5, 5.41) is 0. The largest absolute Gasteiger partial charge is 0.462 e. The van der Waals surface area contributed by atoms with Gasteiger partial charge in [0.2, 0.25) is 5.78 Å². The Kier molecular flexibility index (Phi) is 5.00. The number of H-pyrrole nitrogens is 1. The molecule has 8 heteroatoms.